The number of nitrogens with zero attached hydrogens (tertiary/aromatic N) is 5. The van der Waals surface area contributed by atoms with Crippen LogP contribution >= 0.6 is 22.9 Å². The molecule has 0 spiro atoms. The number of para-hydroxylation sites is 1. The van der Waals surface area contributed by atoms with Gasteiger partial charge in [0.05, 0.1) is 23.5 Å². The van der Waals surface area contributed by atoms with Gasteiger partial charge in [0.1, 0.15) is 22.3 Å². The first-order chi connectivity index (χ1) is 17.3. The minimum Gasteiger partial charge on any atom is -0.395 e. The Hall–Kier alpha value is -2.79. The van der Waals surface area contributed by atoms with Crippen molar-refractivity contribution in [3.05, 3.63) is 51.7 Å². The molecule has 174 valence electrons. The summed E-state index contributed by atoms with van der Waals surface area (Å²) in [5, 5.41) is 6.79. The van der Waals surface area contributed by atoms with Crippen molar-refractivity contribution in [2.24, 2.45) is 0 Å². The highest BCUT2D eigenvalue weighted by atomic mass is 35.5. The number of anilines is 4. The molecule has 11 heteroatoms. The minimum atomic E-state index is -0.586. The number of halogens is 1. The van der Waals surface area contributed by atoms with Gasteiger partial charge >= 0.3 is 0 Å². The normalized spacial score (nSPS) is 15.6. The van der Waals surface area contributed by atoms with E-state index in [9.17, 15) is 4.79 Å². The summed E-state index contributed by atoms with van der Waals surface area (Å²) in [6, 6.07) is 6.90. The second-order valence-electron chi connectivity index (χ2n) is 7.61. The lowest BCUT2D eigenvalue weighted by molar-refractivity contribution is 0.103. The molecule has 1 saturated heterocycles. The van der Waals surface area contributed by atoms with Crippen molar-refractivity contribution >= 4 is 51.3 Å². The van der Waals surface area contributed by atoms with Crippen LogP contribution in [0.15, 0.2) is 30.5 Å². The highest BCUT2D eigenvalue weighted by Crippen LogP contribution is 2.28. The van der Waals surface area contributed by atoms with E-state index in [4.69, 9.17) is 15.9 Å². The van der Waals surface area contributed by atoms with Gasteiger partial charge in [-0.1, -0.05) is 35.1 Å². The molecule has 9 nitrogen and oxygen atoms in total. The standard InChI is InChI=1S/C22H26ClN7O2S/c1-14-4-3-5-16(23)20(14)28-21(32)17-13-24-22(33-17)27-18-12-19(26-15(2)25-18)30-8-6-29(7-9-30)10-11-31/h3-5,12-13,31H,6-11H2,1-2H3,(H,28,32)(H,24,25,26,27)/i31D/hD2. The molecular formula is C22H26ClN7O2S. The summed E-state index contributed by atoms with van der Waals surface area (Å²) < 4.78 is 23.8. The van der Waals surface area contributed by atoms with Crippen LogP contribution < -0.4 is 15.5 Å². The fraction of sp³-hybridized carbons (Fsp3) is 0.364. The number of nitrogens with one attached hydrogen (secondary N) is 2. The first-order valence-electron chi connectivity index (χ1n) is 11.8. The maximum atomic E-state index is 12.9. The van der Waals surface area contributed by atoms with Crippen LogP contribution in [0.25, 0.3) is 0 Å². The average molecular weight is 491 g/mol. The van der Waals surface area contributed by atoms with Gasteiger partial charge in [0.25, 0.3) is 5.91 Å². The maximum Gasteiger partial charge on any atom is 0.267 e. The zero-order valence-corrected chi connectivity index (χ0v) is 19.9. The number of aliphatic hydroxyl groups excluding tert-OH is 1. The van der Waals surface area contributed by atoms with Gasteiger partial charge in [-0.2, -0.15) is 0 Å². The van der Waals surface area contributed by atoms with Gasteiger partial charge < -0.3 is 20.6 Å². The Bertz CT molecular complexity index is 1210. The second-order valence-corrected chi connectivity index (χ2v) is 9.02. The summed E-state index contributed by atoms with van der Waals surface area (Å²) >= 11 is 7.22. The van der Waals surface area contributed by atoms with Crippen molar-refractivity contribution in [1.29, 1.82) is 1.43 Å². The van der Waals surface area contributed by atoms with Crippen molar-refractivity contribution in [1.82, 2.24) is 19.9 Å². The first-order valence-corrected chi connectivity index (χ1v) is 11.7. The maximum absolute atomic E-state index is 12.9. The molecule has 1 aliphatic rings. The third-order valence-corrected chi connectivity index (χ3v) is 6.42. The zero-order chi connectivity index (χ0) is 25.8. The number of hydrogen-bond acceptors (Lipinski definition) is 9. The van der Waals surface area contributed by atoms with E-state index in [1.807, 2.05) is 0 Å². The van der Waals surface area contributed by atoms with Crippen LogP contribution in [0.2, 0.25) is 7.85 Å². The number of β-amino-alcohol motifs (C(OH)–C–C–N with tert-alkyl or cyclic N) is 1. The van der Waals surface area contributed by atoms with Crippen LogP contribution in [0.5, 0.6) is 0 Å². The molecule has 0 atom stereocenters. The third-order valence-electron chi connectivity index (χ3n) is 5.23. The molecule has 3 heterocycles. The zero-order valence-electron chi connectivity index (χ0n) is 21.4. The molecule has 3 N–H and O–H groups in total. The monoisotopic (exact) mass is 490 g/mol. The quantitative estimate of drug-likeness (QED) is 0.441. The Morgan fingerprint density at radius 1 is 1.30 bits per heavy atom. The largest absolute Gasteiger partial charge is 0.395 e. The van der Waals surface area contributed by atoms with Gasteiger partial charge in [0, 0.05) is 38.8 Å². The van der Waals surface area contributed by atoms with E-state index in [-0.39, 0.29) is 10.0 Å². The number of piperazine rings is 1. The van der Waals surface area contributed by atoms with Crippen molar-refractivity contribution in [3.63, 3.8) is 0 Å². The number of aryl methyl sites for hydroxylation is 2. The molecule has 1 aliphatic heterocycles. The Morgan fingerprint density at radius 3 is 2.88 bits per heavy atom. The molecule has 0 unspecified atom stereocenters. The van der Waals surface area contributed by atoms with E-state index in [1.54, 1.807) is 38.1 Å². The fourth-order valence-corrected chi connectivity index (χ4v) is 4.46. The summed E-state index contributed by atoms with van der Waals surface area (Å²) in [4.78, 5) is 30.7. The molecule has 3 aromatic rings. The second kappa shape index (κ2) is 10.4. The van der Waals surface area contributed by atoms with Crippen molar-refractivity contribution in [2.75, 3.05) is 54.9 Å². The predicted octanol–water partition coefficient (Wildman–Crippen LogP) is 3.31. The summed E-state index contributed by atoms with van der Waals surface area (Å²) in [7, 11) is 0. The van der Waals surface area contributed by atoms with Gasteiger partial charge in [-0.25, -0.2) is 15.0 Å². The molecule has 2 aromatic heterocycles. The van der Waals surface area contributed by atoms with Crippen LogP contribution in [-0.4, -0.2) is 71.6 Å². The molecule has 1 amide bonds. The topological polar surface area (TPSA) is 107 Å². The van der Waals surface area contributed by atoms with Gasteiger partial charge in [-0.3, -0.25) is 9.69 Å². The molecule has 0 aliphatic carbocycles. The molecule has 0 saturated carbocycles. The Labute approximate surface area is 205 Å². The van der Waals surface area contributed by atoms with E-state index in [0.717, 1.165) is 48.1 Å². The van der Waals surface area contributed by atoms with Crippen molar-refractivity contribution < 1.29 is 12.7 Å². The van der Waals surface area contributed by atoms with E-state index in [1.165, 1.54) is 6.20 Å². The van der Waals surface area contributed by atoms with E-state index < -0.39 is 5.91 Å². The highest BCUT2D eigenvalue weighted by Gasteiger charge is 2.19. The summed E-state index contributed by atoms with van der Waals surface area (Å²) in [5.74, 6) is 0.979. The lowest BCUT2D eigenvalue weighted by Gasteiger charge is -2.35. The van der Waals surface area contributed by atoms with E-state index in [2.05, 4.69) is 29.9 Å². The highest BCUT2D eigenvalue weighted by molar-refractivity contribution is 7.17. The molecule has 0 bridgehead atoms. The summed E-state index contributed by atoms with van der Waals surface area (Å²) in [6.07, 6.45) is 1.35. The lowest BCUT2D eigenvalue weighted by atomic mass is 10.2. The summed E-state index contributed by atoms with van der Waals surface area (Å²) in [5.41, 5.74) is 1.01. The van der Waals surface area contributed by atoms with E-state index in [0.29, 0.717) is 46.9 Å². The van der Waals surface area contributed by atoms with Gasteiger partial charge in [0.2, 0.25) is 1.43 Å². The molecule has 1 fully saturated rings. The number of aliphatic hydroxyl groups is 1. The van der Waals surface area contributed by atoms with Gasteiger partial charge in [-0.05, 0) is 25.5 Å². The molecular weight excluding hydrogens is 462 g/mol. The Balaban J connectivity index is 1.49. The minimum absolute atomic E-state index is 0.204. The van der Waals surface area contributed by atoms with E-state index >= 15 is 0 Å². The summed E-state index contributed by atoms with van der Waals surface area (Å²) in [6.45, 7) is 7.77. The van der Waals surface area contributed by atoms with Crippen molar-refractivity contribution in [2.45, 2.75) is 13.8 Å². The van der Waals surface area contributed by atoms with Crippen LogP contribution in [0.4, 0.5) is 22.5 Å². The predicted molar refractivity (Wildman–Crippen MR) is 132 cm³/mol. The lowest BCUT2D eigenvalue weighted by Crippen LogP contribution is -2.47. The van der Waals surface area contributed by atoms with Crippen LogP contribution in [0.1, 0.15) is 21.1 Å². The number of benzene rings is 1. The molecule has 0 radical (unpaired) electrons. The smallest absolute Gasteiger partial charge is 0.267 e. The Morgan fingerprint density at radius 2 is 2.12 bits per heavy atom. The molecule has 33 heavy (non-hydrogen) atoms. The van der Waals surface area contributed by atoms with Gasteiger partial charge in [-0.15, -0.1) is 0 Å². The number of aromatic nitrogens is 3. The average Bonchev–Trinajstić information content (AvgIpc) is 3.36. The third kappa shape index (κ3) is 5.77. The first kappa shape index (κ1) is 19.7. The van der Waals surface area contributed by atoms with Crippen LogP contribution in [-0.2, 0) is 0 Å². The molecule has 1 aromatic carbocycles. The van der Waals surface area contributed by atoms with Gasteiger partial charge in [0.15, 0.2) is 7.96 Å². The fourth-order valence-electron chi connectivity index (χ4n) is 3.52. The molecule has 4 rings (SSSR count). The number of rotatable bonds is 8. The van der Waals surface area contributed by atoms with Crippen LogP contribution in [0.3, 0.4) is 0 Å². The number of carbonyl (C=O) groups excluding carboxylic acids is 1. The van der Waals surface area contributed by atoms with Crippen LogP contribution in [0, 0.1) is 13.8 Å². The number of amides is 1. The Kier molecular flexibility index (Phi) is 6.21. The SMILES string of the molecule is [2H]OCCN1CCN(c2cc(N([2H])c3ncc(C(=O)N([2H])c4c(C)cccc4Cl)s3)nc(C)n2)CC1. The number of carbonyl (C=O) groups is 1. The van der Waals surface area contributed by atoms with Crippen molar-refractivity contribution in [3.8, 4) is 0 Å². The number of thiazole rings is 1. The number of hydrogen-bond donors (Lipinski definition) is 3.